The zero-order valence-corrected chi connectivity index (χ0v) is 19.1. The summed E-state index contributed by atoms with van der Waals surface area (Å²) in [6.07, 6.45) is 3.07. The number of hydrogen-bond acceptors (Lipinski definition) is 7. The second kappa shape index (κ2) is 8.64. The first-order valence-electron chi connectivity index (χ1n) is 9.91. The number of rotatable bonds is 8. The Kier molecular flexibility index (Phi) is 5.90. The van der Waals surface area contributed by atoms with E-state index in [1.807, 2.05) is 24.3 Å². The van der Waals surface area contributed by atoms with Gasteiger partial charge in [-0.05, 0) is 50.2 Å². The highest BCUT2D eigenvalue weighted by Crippen LogP contribution is 2.26. The van der Waals surface area contributed by atoms with Crippen LogP contribution in [0.3, 0.4) is 0 Å². The summed E-state index contributed by atoms with van der Waals surface area (Å²) in [4.78, 5) is 4.70. The average Bonchev–Trinajstić information content (AvgIpc) is 3.50. The molecule has 3 aromatic heterocycles. The van der Waals surface area contributed by atoms with E-state index in [-0.39, 0.29) is 18.0 Å². The predicted octanol–water partition coefficient (Wildman–Crippen LogP) is 3.63. The molecule has 0 radical (unpaired) electrons. The molecule has 0 atom stereocenters. The zero-order valence-electron chi connectivity index (χ0n) is 18.3. The van der Waals surface area contributed by atoms with Gasteiger partial charge in [-0.15, -0.1) is 0 Å². The lowest BCUT2D eigenvalue weighted by molar-refractivity contribution is 0.406. The quantitative estimate of drug-likeness (QED) is 0.399. The van der Waals surface area contributed by atoms with Crippen molar-refractivity contribution in [1.29, 1.82) is 0 Å². The fraction of sp³-hybridized carbons (Fsp3) is 0.273. The van der Waals surface area contributed by atoms with Crippen molar-refractivity contribution in [2.24, 2.45) is 0 Å². The molecule has 0 N–H and O–H groups in total. The number of aromatic nitrogens is 3. The summed E-state index contributed by atoms with van der Waals surface area (Å²) in [5.74, 6) is 1.77. The Morgan fingerprint density at radius 1 is 1.12 bits per heavy atom. The van der Waals surface area contributed by atoms with Crippen molar-refractivity contribution in [2.45, 2.75) is 31.8 Å². The monoisotopic (exact) mass is 456 g/mol. The summed E-state index contributed by atoms with van der Waals surface area (Å²) in [5, 5.41) is 4.45. The largest absolute Gasteiger partial charge is 0.497 e. The predicted molar refractivity (Wildman–Crippen MR) is 117 cm³/mol. The van der Waals surface area contributed by atoms with Crippen molar-refractivity contribution in [2.75, 3.05) is 14.2 Å². The van der Waals surface area contributed by atoms with Gasteiger partial charge in [-0.1, -0.05) is 0 Å². The molecule has 0 aliphatic heterocycles. The molecule has 4 aromatic rings. The molecule has 10 heteroatoms. The summed E-state index contributed by atoms with van der Waals surface area (Å²) in [7, 11) is -0.630. The van der Waals surface area contributed by atoms with E-state index < -0.39 is 10.0 Å². The maximum absolute atomic E-state index is 13.2. The Hall–Kier alpha value is -3.37. The lowest BCUT2D eigenvalue weighted by Crippen LogP contribution is -2.27. The highest BCUT2D eigenvalue weighted by atomic mass is 32.2. The fourth-order valence-corrected chi connectivity index (χ4v) is 4.97. The van der Waals surface area contributed by atoms with Crippen LogP contribution in [0.2, 0.25) is 0 Å². The van der Waals surface area contributed by atoms with E-state index in [9.17, 15) is 8.42 Å². The third kappa shape index (κ3) is 4.19. The summed E-state index contributed by atoms with van der Waals surface area (Å²) in [6.45, 7) is 3.83. The molecule has 0 saturated heterocycles. The summed E-state index contributed by atoms with van der Waals surface area (Å²) in [6, 6.07) is 10.8. The van der Waals surface area contributed by atoms with Crippen LogP contribution < -0.4 is 4.74 Å². The molecule has 0 bridgehead atoms. The molecule has 0 aliphatic rings. The number of benzene rings is 1. The maximum atomic E-state index is 13.2. The van der Waals surface area contributed by atoms with E-state index in [0.29, 0.717) is 28.7 Å². The van der Waals surface area contributed by atoms with Crippen LogP contribution in [0.15, 0.2) is 62.7 Å². The van der Waals surface area contributed by atoms with Crippen LogP contribution in [-0.2, 0) is 23.1 Å². The Morgan fingerprint density at radius 2 is 1.88 bits per heavy atom. The highest BCUT2D eigenvalue weighted by molar-refractivity contribution is 7.89. The Bertz CT molecular complexity index is 1310. The van der Waals surface area contributed by atoms with Crippen LogP contribution in [0.5, 0.6) is 5.75 Å². The Morgan fingerprint density at radius 3 is 2.53 bits per heavy atom. The normalized spacial score (nSPS) is 11.9. The van der Waals surface area contributed by atoms with Gasteiger partial charge in [-0.25, -0.2) is 13.4 Å². The topological polar surface area (TPSA) is 104 Å². The molecule has 3 heterocycles. The van der Waals surface area contributed by atoms with E-state index in [1.165, 1.54) is 17.6 Å². The third-order valence-electron chi connectivity index (χ3n) is 5.14. The van der Waals surface area contributed by atoms with Crippen molar-refractivity contribution in [3.05, 3.63) is 71.8 Å². The fourth-order valence-electron chi connectivity index (χ4n) is 3.47. The second-order valence-corrected chi connectivity index (χ2v) is 9.35. The summed E-state index contributed by atoms with van der Waals surface area (Å²) < 4.78 is 45.3. The van der Waals surface area contributed by atoms with E-state index in [0.717, 1.165) is 11.3 Å². The van der Waals surface area contributed by atoms with Crippen LogP contribution >= 0.6 is 0 Å². The van der Waals surface area contributed by atoms with Crippen molar-refractivity contribution in [3.8, 4) is 17.2 Å². The van der Waals surface area contributed by atoms with Gasteiger partial charge >= 0.3 is 0 Å². The van der Waals surface area contributed by atoms with E-state index >= 15 is 0 Å². The van der Waals surface area contributed by atoms with Gasteiger partial charge in [0.2, 0.25) is 15.9 Å². The Labute approximate surface area is 186 Å². The van der Waals surface area contributed by atoms with Crippen molar-refractivity contribution < 1.29 is 22.0 Å². The molecule has 0 unspecified atom stereocenters. The minimum absolute atomic E-state index is 0.133. The van der Waals surface area contributed by atoms with Crippen molar-refractivity contribution in [3.63, 3.8) is 0 Å². The standard InChI is InChI=1S/C22H24N4O5S/c1-15-21(32(27,28)25(3)13-20-6-5-11-30-20)16(2)26(24-15)12-18-14-31-22(23-18)17-7-9-19(29-4)10-8-17/h5-11,14H,12-13H2,1-4H3. The first-order valence-corrected chi connectivity index (χ1v) is 11.3. The van der Waals surface area contributed by atoms with Gasteiger partial charge in [0.15, 0.2) is 0 Å². The van der Waals surface area contributed by atoms with Crippen molar-refractivity contribution >= 4 is 10.0 Å². The van der Waals surface area contributed by atoms with Crippen LogP contribution in [0.4, 0.5) is 0 Å². The lowest BCUT2D eigenvalue weighted by Gasteiger charge is -2.16. The summed E-state index contributed by atoms with van der Waals surface area (Å²) in [5.41, 5.74) is 2.40. The van der Waals surface area contributed by atoms with Crippen LogP contribution in [0.1, 0.15) is 22.8 Å². The average molecular weight is 457 g/mol. The smallest absolute Gasteiger partial charge is 0.246 e. The lowest BCUT2D eigenvalue weighted by atomic mass is 10.2. The van der Waals surface area contributed by atoms with Gasteiger partial charge in [-0.2, -0.15) is 9.40 Å². The summed E-state index contributed by atoms with van der Waals surface area (Å²) >= 11 is 0. The number of furan rings is 1. The van der Waals surface area contributed by atoms with Gasteiger partial charge in [0.1, 0.15) is 28.4 Å². The molecule has 1 aromatic carbocycles. The van der Waals surface area contributed by atoms with Gasteiger partial charge in [-0.3, -0.25) is 4.68 Å². The molecule has 0 saturated carbocycles. The molecule has 0 aliphatic carbocycles. The zero-order chi connectivity index (χ0) is 22.9. The van der Waals surface area contributed by atoms with E-state index in [1.54, 1.807) is 44.0 Å². The number of methoxy groups -OCH3 is 1. The van der Waals surface area contributed by atoms with E-state index in [4.69, 9.17) is 13.6 Å². The van der Waals surface area contributed by atoms with Crippen LogP contribution in [0, 0.1) is 13.8 Å². The molecule has 0 fully saturated rings. The van der Waals surface area contributed by atoms with Crippen LogP contribution in [-0.4, -0.2) is 41.6 Å². The van der Waals surface area contributed by atoms with Gasteiger partial charge in [0.25, 0.3) is 0 Å². The molecule has 9 nitrogen and oxygen atoms in total. The van der Waals surface area contributed by atoms with Gasteiger partial charge in [0.05, 0.1) is 37.9 Å². The van der Waals surface area contributed by atoms with Gasteiger partial charge in [0, 0.05) is 12.6 Å². The van der Waals surface area contributed by atoms with Crippen LogP contribution in [0.25, 0.3) is 11.5 Å². The molecule has 4 rings (SSSR count). The third-order valence-corrected chi connectivity index (χ3v) is 7.20. The maximum Gasteiger partial charge on any atom is 0.246 e. The molecular formula is C22H24N4O5S. The number of aryl methyl sites for hydroxylation is 1. The second-order valence-electron chi connectivity index (χ2n) is 7.37. The molecule has 0 amide bonds. The van der Waals surface area contributed by atoms with Crippen molar-refractivity contribution in [1.82, 2.24) is 19.1 Å². The molecule has 32 heavy (non-hydrogen) atoms. The highest BCUT2D eigenvalue weighted by Gasteiger charge is 2.29. The number of sulfonamides is 1. The van der Waals surface area contributed by atoms with Gasteiger partial charge < -0.3 is 13.6 Å². The van der Waals surface area contributed by atoms with E-state index in [2.05, 4.69) is 10.1 Å². The number of hydrogen-bond donors (Lipinski definition) is 0. The number of ether oxygens (including phenoxy) is 1. The minimum Gasteiger partial charge on any atom is -0.497 e. The minimum atomic E-state index is -3.76. The SMILES string of the molecule is COc1ccc(-c2nc(Cn3nc(C)c(S(=O)(=O)N(C)Cc4ccco4)c3C)co2)cc1. The Balaban J connectivity index is 1.56. The first kappa shape index (κ1) is 21.8. The molecule has 0 spiro atoms. The first-order chi connectivity index (χ1) is 15.3. The molecule has 168 valence electrons. The molecular weight excluding hydrogens is 432 g/mol. The number of nitrogens with zero attached hydrogens (tertiary/aromatic N) is 4. The number of oxazole rings is 1.